The number of rotatable bonds is 5. The van der Waals surface area contributed by atoms with Gasteiger partial charge in [-0.05, 0) is 17.7 Å². The number of aliphatic carboxylic acids is 1. The molecule has 1 heterocycles. The van der Waals surface area contributed by atoms with Crippen molar-refractivity contribution >= 4 is 11.9 Å². The Bertz CT molecular complexity index is 649. The normalized spacial score (nSPS) is 11.7. The fourth-order valence-electron chi connectivity index (χ4n) is 1.75. The van der Waals surface area contributed by atoms with Gasteiger partial charge < -0.3 is 10.4 Å². The molecule has 2 aromatic rings. The number of carbonyl (C=O) groups is 2. The summed E-state index contributed by atoms with van der Waals surface area (Å²) in [5.74, 6) is -2.32. The summed E-state index contributed by atoms with van der Waals surface area (Å²) in [5.41, 5.74) is 0.491. The summed E-state index contributed by atoms with van der Waals surface area (Å²) in [4.78, 5) is 30.6. The average Bonchev–Trinajstić information content (AvgIpc) is 2.47. The Kier molecular flexibility index (Phi) is 4.55. The van der Waals surface area contributed by atoms with Gasteiger partial charge in [-0.1, -0.05) is 12.1 Å². The Balaban J connectivity index is 2.09. The van der Waals surface area contributed by atoms with Crippen LogP contribution in [0, 0.1) is 5.82 Å². The minimum Gasteiger partial charge on any atom is -0.480 e. The number of nitrogens with zero attached hydrogens (tertiary/aromatic N) is 2. The van der Waals surface area contributed by atoms with Gasteiger partial charge in [-0.2, -0.15) is 0 Å². The van der Waals surface area contributed by atoms with Crippen molar-refractivity contribution in [3.63, 3.8) is 0 Å². The Morgan fingerprint density at radius 1 is 1.33 bits per heavy atom. The molecule has 1 aromatic carbocycles. The second-order valence-corrected chi connectivity index (χ2v) is 4.29. The molecule has 1 aromatic heterocycles. The number of carbonyl (C=O) groups excluding carboxylic acids is 1. The molecule has 2 rings (SSSR count). The lowest BCUT2D eigenvalue weighted by Crippen LogP contribution is -2.42. The number of hydrogen-bond donors (Lipinski definition) is 2. The summed E-state index contributed by atoms with van der Waals surface area (Å²) >= 11 is 0. The first-order chi connectivity index (χ1) is 10.1. The van der Waals surface area contributed by atoms with Gasteiger partial charge in [-0.15, -0.1) is 0 Å². The van der Waals surface area contributed by atoms with Crippen molar-refractivity contribution in [2.45, 2.75) is 12.5 Å². The molecule has 6 nitrogen and oxygen atoms in total. The molecule has 0 fully saturated rings. The van der Waals surface area contributed by atoms with E-state index < -0.39 is 23.7 Å². The molecule has 21 heavy (non-hydrogen) atoms. The van der Waals surface area contributed by atoms with E-state index in [0.29, 0.717) is 5.56 Å². The maximum absolute atomic E-state index is 13.1. The first kappa shape index (κ1) is 14.6. The van der Waals surface area contributed by atoms with E-state index in [1.54, 1.807) is 6.07 Å². The molecule has 1 amide bonds. The minimum atomic E-state index is -1.21. The molecule has 0 bridgehead atoms. The molecule has 108 valence electrons. The third kappa shape index (κ3) is 4.07. The monoisotopic (exact) mass is 289 g/mol. The fourth-order valence-corrected chi connectivity index (χ4v) is 1.75. The second kappa shape index (κ2) is 6.56. The van der Waals surface area contributed by atoms with E-state index >= 15 is 0 Å². The van der Waals surface area contributed by atoms with Crippen molar-refractivity contribution < 1.29 is 19.1 Å². The number of carboxylic acid groups (broad SMARTS) is 1. The van der Waals surface area contributed by atoms with Crippen molar-refractivity contribution in [3.8, 4) is 0 Å². The number of amides is 1. The maximum atomic E-state index is 13.1. The van der Waals surface area contributed by atoms with Crippen LogP contribution in [0.3, 0.4) is 0 Å². The van der Waals surface area contributed by atoms with Crippen LogP contribution in [0.15, 0.2) is 42.9 Å². The zero-order valence-corrected chi connectivity index (χ0v) is 10.9. The van der Waals surface area contributed by atoms with Crippen molar-refractivity contribution in [3.05, 3.63) is 59.9 Å². The zero-order valence-electron chi connectivity index (χ0n) is 10.9. The van der Waals surface area contributed by atoms with Gasteiger partial charge in [0.1, 0.15) is 17.6 Å². The summed E-state index contributed by atoms with van der Waals surface area (Å²) in [6.07, 6.45) is 3.94. The molecule has 1 atom stereocenters. The van der Waals surface area contributed by atoms with E-state index in [4.69, 9.17) is 5.11 Å². The lowest BCUT2D eigenvalue weighted by Gasteiger charge is -2.14. The lowest BCUT2D eigenvalue weighted by molar-refractivity contribution is -0.139. The third-order valence-electron chi connectivity index (χ3n) is 2.73. The quantitative estimate of drug-likeness (QED) is 0.858. The Labute approximate surface area is 119 Å². The topological polar surface area (TPSA) is 92.2 Å². The van der Waals surface area contributed by atoms with E-state index in [0.717, 1.165) is 0 Å². The van der Waals surface area contributed by atoms with Crippen LogP contribution in [-0.4, -0.2) is 33.0 Å². The van der Waals surface area contributed by atoms with Crippen molar-refractivity contribution in [2.24, 2.45) is 0 Å². The van der Waals surface area contributed by atoms with Crippen LogP contribution in [0.2, 0.25) is 0 Å². The molecule has 0 aliphatic heterocycles. The number of aromatic nitrogens is 2. The van der Waals surface area contributed by atoms with Crippen LogP contribution in [0.5, 0.6) is 0 Å². The smallest absolute Gasteiger partial charge is 0.326 e. The molecule has 0 aliphatic carbocycles. The van der Waals surface area contributed by atoms with Gasteiger partial charge in [-0.25, -0.2) is 14.2 Å². The molecule has 1 unspecified atom stereocenters. The predicted molar refractivity (Wildman–Crippen MR) is 71.0 cm³/mol. The SMILES string of the molecule is O=C(NC(Cc1cccc(F)c1)C(=O)O)c1cnccn1. The molecule has 7 heteroatoms. The highest BCUT2D eigenvalue weighted by atomic mass is 19.1. The van der Waals surface area contributed by atoms with Crippen LogP contribution in [0.4, 0.5) is 4.39 Å². The molecular formula is C14H12FN3O3. The van der Waals surface area contributed by atoms with E-state index in [9.17, 15) is 14.0 Å². The first-order valence-corrected chi connectivity index (χ1v) is 6.10. The van der Waals surface area contributed by atoms with Crippen LogP contribution in [0.25, 0.3) is 0 Å². The van der Waals surface area contributed by atoms with Gasteiger partial charge in [0.25, 0.3) is 5.91 Å². The summed E-state index contributed by atoms with van der Waals surface area (Å²) in [6.45, 7) is 0. The Hall–Kier alpha value is -2.83. The zero-order chi connectivity index (χ0) is 15.2. The summed E-state index contributed by atoms with van der Waals surface area (Å²) in [5, 5.41) is 11.5. The van der Waals surface area contributed by atoms with Gasteiger partial charge in [0.05, 0.1) is 6.20 Å². The van der Waals surface area contributed by atoms with Gasteiger partial charge in [0.2, 0.25) is 0 Å². The molecule has 2 N–H and O–H groups in total. The second-order valence-electron chi connectivity index (χ2n) is 4.29. The number of benzene rings is 1. The molecule has 0 spiro atoms. The lowest BCUT2D eigenvalue weighted by atomic mass is 10.1. The predicted octanol–water partition coefficient (Wildman–Crippen LogP) is 1.04. The van der Waals surface area contributed by atoms with Crippen LogP contribution < -0.4 is 5.32 Å². The molecule has 0 radical (unpaired) electrons. The Morgan fingerprint density at radius 3 is 2.76 bits per heavy atom. The summed E-state index contributed by atoms with van der Waals surface area (Å²) < 4.78 is 13.1. The highest BCUT2D eigenvalue weighted by molar-refractivity contribution is 5.94. The van der Waals surface area contributed by atoms with Gasteiger partial charge in [-0.3, -0.25) is 9.78 Å². The molecule has 0 saturated carbocycles. The highest BCUT2D eigenvalue weighted by Gasteiger charge is 2.21. The van der Waals surface area contributed by atoms with E-state index in [1.807, 2.05) is 0 Å². The number of halogens is 1. The molecular weight excluding hydrogens is 277 g/mol. The maximum Gasteiger partial charge on any atom is 0.326 e. The van der Waals surface area contributed by atoms with Crippen LogP contribution >= 0.6 is 0 Å². The van der Waals surface area contributed by atoms with Crippen LogP contribution in [0.1, 0.15) is 16.1 Å². The highest BCUT2D eigenvalue weighted by Crippen LogP contribution is 2.07. The van der Waals surface area contributed by atoms with Crippen molar-refractivity contribution in [1.82, 2.24) is 15.3 Å². The standard InChI is InChI=1S/C14H12FN3O3/c15-10-3-1-2-9(6-10)7-11(14(20)21)18-13(19)12-8-16-4-5-17-12/h1-6,8,11H,7H2,(H,18,19)(H,20,21). The van der Waals surface area contributed by atoms with E-state index in [-0.39, 0.29) is 12.1 Å². The average molecular weight is 289 g/mol. The van der Waals surface area contributed by atoms with Gasteiger partial charge in [0.15, 0.2) is 0 Å². The number of nitrogens with one attached hydrogen (secondary N) is 1. The Morgan fingerprint density at radius 2 is 2.14 bits per heavy atom. The number of carboxylic acids is 1. The summed E-state index contributed by atoms with van der Waals surface area (Å²) in [6, 6.07) is 4.38. The van der Waals surface area contributed by atoms with Crippen molar-refractivity contribution in [2.75, 3.05) is 0 Å². The van der Waals surface area contributed by atoms with Crippen LogP contribution in [-0.2, 0) is 11.2 Å². The molecule has 0 aliphatic rings. The fraction of sp³-hybridized carbons (Fsp3) is 0.143. The number of hydrogen-bond acceptors (Lipinski definition) is 4. The largest absolute Gasteiger partial charge is 0.480 e. The third-order valence-corrected chi connectivity index (χ3v) is 2.73. The molecule has 0 saturated heterocycles. The minimum absolute atomic E-state index is 0.0167. The summed E-state index contributed by atoms with van der Waals surface area (Å²) in [7, 11) is 0. The van der Waals surface area contributed by atoms with E-state index in [2.05, 4.69) is 15.3 Å². The van der Waals surface area contributed by atoms with Crippen molar-refractivity contribution in [1.29, 1.82) is 0 Å². The first-order valence-electron chi connectivity index (χ1n) is 6.10. The van der Waals surface area contributed by atoms with E-state index in [1.165, 1.54) is 36.8 Å². The van der Waals surface area contributed by atoms with Gasteiger partial charge >= 0.3 is 5.97 Å². The van der Waals surface area contributed by atoms with Gasteiger partial charge in [0, 0.05) is 18.8 Å².